The molecule has 0 atom stereocenters. The molecule has 0 aliphatic heterocycles. The number of amides is 1. The van der Waals surface area contributed by atoms with Gasteiger partial charge in [0.15, 0.2) is 0 Å². The van der Waals surface area contributed by atoms with Crippen LogP contribution in [0.2, 0.25) is 0 Å². The Kier molecular flexibility index (Phi) is 5.49. The highest BCUT2D eigenvalue weighted by Gasteiger charge is 2.18. The summed E-state index contributed by atoms with van der Waals surface area (Å²) in [4.78, 5) is 19.6. The zero-order chi connectivity index (χ0) is 17.8. The van der Waals surface area contributed by atoms with Crippen LogP contribution >= 0.6 is 15.9 Å². The summed E-state index contributed by atoms with van der Waals surface area (Å²) in [6.45, 7) is 5.34. The fraction of sp³-hybridized carbons (Fsp3) is 0.238. The normalized spacial score (nSPS) is 10.8. The van der Waals surface area contributed by atoms with Gasteiger partial charge in [-0.05, 0) is 44.0 Å². The molecular weight excluding hydrogens is 376 g/mol. The summed E-state index contributed by atoms with van der Waals surface area (Å²) in [5.41, 5.74) is 3.67. The number of aryl methyl sites for hydroxylation is 1. The third kappa shape index (κ3) is 4.07. The second-order valence-electron chi connectivity index (χ2n) is 6.09. The van der Waals surface area contributed by atoms with Gasteiger partial charge in [-0.15, -0.1) is 0 Å². The molecule has 0 radical (unpaired) electrons. The first-order valence-electron chi connectivity index (χ1n) is 8.48. The molecular formula is C21H21BrN2O. The summed E-state index contributed by atoms with van der Waals surface area (Å²) in [6.07, 6.45) is 0.855. The zero-order valence-electron chi connectivity index (χ0n) is 14.5. The average Bonchev–Trinajstić information content (AvgIpc) is 2.61. The first kappa shape index (κ1) is 17.6. The number of benzene rings is 2. The smallest absolute Gasteiger partial charge is 0.254 e. The first-order chi connectivity index (χ1) is 12.1. The van der Waals surface area contributed by atoms with Gasteiger partial charge in [0.2, 0.25) is 0 Å². The van der Waals surface area contributed by atoms with Crippen LogP contribution in [0.3, 0.4) is 0 Å². The van der Waals surface area contributed by atoms with E-state index in [1.807, 2.05) is 61.2 Å². The lowest BCUT2D eigenvalue weighted by Gasteiger charge is -2.22. The molecule has 0 saturated carbocycles. The molecule has 128 valence electrons. The molecule has 0 saturated heterocycles. The second-order valence-corrected chi connectivity index (χ2v) is 7.01. The van der Waals surface area contributed by atoms with E-state index in [1.54, 1.807) is 0 Å². The van der Waals surface area contributed by atoms with Gasteiger partial charge < -0.3 is 4.90 Å². The molecule has 4 heteroatoms. The number of halogens is 1. The number of aromatic nitrogens is 1. The maximum Gasteiger partial charge on any atom is 0.254 e. The number of hydrogen-bond donors (Lipinski definition) is 0. The van der Waals surface area contributed by atoms with E-state index in [9.17, 15) is 4.79 Å². The number of rotatable bonds is 5. The van der Waals surface area contributed by atoms with Gasteiger partial charge in [-0.1, -0.05) is 52.3 Å². The van der Waals surface area contributed by atoms with Crippen molar-refractivity contribution in [1.82, 2.24) is 9.88 Å². The first-order valence-corrected chi connectivity index (χ1v) is 9.28. The predicted molar refractivity (Wildman–Crippen MR) is 106 cm³/mol. The quantitative estimate of drug-likeness (QED) is 0.606. The number of pyridine rings is 1. The Morgan fingerprint density at radius 2 is 1.88 bits per heavy atom. The van der Waals surface area contributed by atoms with Crippen molar-refractivity contribution >= 4 is 32.7 Å². The lowest BCUT2D eigenvalue weighted by Crippen LogP contribution is -2.33. The molecule has 0 N–H and O–H groups in total. The van der Waals surface area contributed by atoms with Crippen LogP contribution in [0.5, 0.6) is 0 Å². The summed E-state index contributed by atoms with van der Waals surface area (Å²) < 4.78 is 0.966. The maximum absolute atomic E-state index is 13.1. The Hall–Kier alpha value is -2.20. The van der Waals surface area contributed by atoms with Gasteiger partial charge >= 0.3 is 0 Å². The Labute approximate surface area is 156 Å². The molecule has 1 heterocycles. The summed E-state index contributed by atoms with van der Waals surface area (Å²) >= 11 is 3.48. The molecule has 1 aromatic heterocycles. The molecule has 0 aliphatic carbocycles. The monoisotopic (exact) mass is 396 g/mol. The Balaban J connectivity index is 1.89. The fourth-order valence-corrected chi connectivity index (χ4v) is 3.34. The lowest BCUT2D eigenvalue weighted by molar-refractivity contribution is 0.0768. The molecule has 0 aliphatic rings. The van der Waals surface area contributed by atoms with Crippen LogP contribution in [0.15, 0.2) is 59.1 Å². The van der Waals surface area contributed by atoms with Crippen molar-refractivity contribution < 1.29 is 4.79 Å². The minimum absolute atomic E-state index is 0.0660. The van der Waals surface area contributed by atoms with Crippen molar-refractivity contribution in [2.45, 2.75) is 20.3 Å². The van der Waals surface area contributed by atoms with E-state index >= 15 is 0 Å². The Morgan fingerprint density at radius 1 is 1.12 bits per heavy atom. The summed E-state index contributed by atoms with van der Waals surface area (Å²) in [5.74, 6) is 0.0660. The van der Waals surface area contributed by atoms with Crippen LogP contribution in [0, 0.1) is 6.92 Å². The SMILES string of the molecule is CCN(CCc1ccccc1)C(=O)c1cc(C)nc2cc(Br)ccc12. The molecule has 2 aromatic carbocycles. The number of likely N-dealkylation sites (N-methyl/N-ethyl adjacent to an activating group) is 1. The summed E-state index contributed by atoms with van der Waals surface area (Å²) in [7, 11) is 0. The fourth-order valence-electron chi connectivity index (χ4n) is 2.99. The van der Waals surface area contributed by atoms with Crippen LogP contribution < -0.4 is 0 Å². The molecule has 0 unspecified atom stereocenters. The lowest BCUT2D eigenvalue weighted by atomic mass is 10.1. The van der Waals surface area contributed by atoms with Crippen molar-refractivity contribution in [1.29, 1.82) is 0 Å². The average molecular weight is 397 g/mol. The number of carbonyl (C=O) groups is 1. The van der Waals surface area contributed by atoms with Gasteiger partial charge in [0.05, 0.1) is 11.1 Å². The summed E-state index contributed by atoms with van der Waals surface area (Å²) in [6, 6.07) is 18.0. The predicted octanol–water partition coefficient (Wildman–Crippen LogP) is 5.01. The van der Waals surface area contributed by atoms with Gasteiger partial charge in [-0.2, -0.15) is 0 Å². The molecule has 0 fully saturated rings. The van der Waals surface area contributed by atoms with E-state index in [1.165, 1.54) is 5.56 Å². The molecule has 0 spiro atoms. The van der Waals surface area contributed by atoms with Crippen LogP contribution in [0.4, 0.5) is 0 Å². The molecule has 3 rings (SSSR count). The van der Waals surface area contributed by atoms with Crippen molar-refractivity contribution in [3.05, 3.63) is 75.9 Å². The highest BCUT2D eigenvalue weighted by Crippen LogP contribution is 2.23. The van der Waals surface area contributed by atoms with Gasteiger partial charge in [0.25, 0.3) is 5.91 Å². The topological polar surface area (TPSA) is 33.2 Å². The van der Waals surface area contributed by atoms with E-state index in [-0.39, 0.29) is 5.91 Å². The highest BCUT2D eigenvalue weighted by atomic mass is 79.9. The van der Waals surface area contributed by atoms with E-state index < -0.39 is 0 Å². The Bertz CT molecular complexity index is 888. The number of carbonyl (C=O) groups excluding carboxylic acids is 1. The van der Waals surface area contributed by atoms with E-state index in [0.29, 0.717) is 13.1 Å². The maximum atomic E-state index is 13.1. The molecule has 0 bridgehead atoms. The second kappa shape index (κ2) is 7.79. The number of nitrogens with zero attached hydrogens (tertiary/aromatic N) is 2. The van der Waals surface area contributed by atoms with Crippen LogP contribution in [0.25, 0.3) is 10.9 Å². The molecule has 25 heavy (non-hydrogen) atoms. The minimum atomic E-state index is 0.0660. The van der Waals surface area contributed by atoms with E-state index in [0.717, 1.165) is 33.1 Å². The van der Waals surface area contributed by atoms with Gasteiger partial charge in [-0.3, -0.25) is 9.78 Å². The minimum Gasteiger partial charge on any atom is -0.339 e. The van der Waals surface area contributed by atoms with Gasteiger partial charge in [0, 0.05) is 28.6 Å². The van der Waals surface area contributed by atoms with Crippen LogP contribution in [-0.2, 0) is 6.42 Å². The van der Waals surface area contributed by atoms with Gasteiger partial charge in [0.1, 0.15) is 0 Å². The number of hydrogen-bond acceptors (Lipinski definition) is 2. The van der Waals surface area contributed by atoms with Gasteiger partial charge in [-0.25, -0.2) is 0 Å². The zero-order valence-corrected chi connectivity index (χ0v) is 16.1. The Morgan fingerprint density at radius 3 is 2.60 bits per heavy atom. The standard InChI is InChI=1S/C21H21BrN2O/c1-3-24(12-11-16-7-5-4-6-8-16)21(25)19-13-15(2)23-20-14-17(22)9-10-18(19)20/h4-10,13-14H,3,11-12H2,1-2H3. The third-order valence-corrected chi connectivity index (χ3v) is 4.81. The van der Waals surface area contributed by atoms with Crippen LogP contribution in [0.1, 0.15) is 28.5 Å². The van der Waals surface area contributed by atoms with Crippen molar-refractivity contribution in [2.24, 2.45) is 0 Å². The molecule has 1 amide bonds. The van der Waals surface area contributed by atoms with E-state index in [2.05, 4.69) is 33.0 Å². The highest BCUT2D eigenvalue weighted by molar-refractivity contribution is 9.10. The van der Waals surface area contributed by atoms with Crippen molar-refractivity contribution in [3.63, 3.8) is 0 Å². The summed E-state index contributed by atoms with van der Waals surface area (Å²) in [5, 5.41) is 0.900. The van der Waals surface area contributed by atoms with E-state index in [4.69, 9.17) is 0 Å². The number of fused-ring (bicyclic) bond motifs is 1. The molecule has 3 aromatic rings. The van der Waals surface area contributed by atoms with Crippen molar-refractivity contribution in [3.8, 4) is 0 Å². The van der Waals surface area contributed by atoms with Crippen molar-refractivity contribution in [2.75, 3.05) is 13.1 Å². The molecule has 3 nitrogen and oxygen atoms in total. The largest absolute Gasteiger partial charge is 0.339 e. The third-order valence-electron chi connectivity index (χ3n) is 4.31. The van der Waals surface area contributed by atoms with Crippen LogP contribution in [-0.4, -0.2) is 28.9 Å².